The van der Waals surface area contributed by atoms with Crippen molar-refractivity contribution in [2.75, 3.05) is 19.7 Å². The van der Waals surface area contributed by atoms with Crippen molar-refractivity contribution in [3.05, 3.63) is 35.7 Å². The molecule has 3 rings (SSSR count). The molecular formula is C22H33ClN6O2. The lowest BCUT2D eigenvalue weighted by molar-refractivity contribution is 0.139. The smallest absolute Gasteiger partial charge is 0.231 e. The van der Waals surface area contributed by atoms with E-state index in [2.05, 4.69) is 22.2 Å². The Morgan fingerprint density at radius 3 is 2.68 bits per heavy atom. The number of benzene rings is 1. The lowest BCUT2D eigenvalue weighted by Crippen LogP contribution is -2.34. The number of guanidine groups is 1. The van der Waals surface area contributed by atoms with Crippen LogP contribution in [0.1, 0.15) is 69.7 Å². The average Bonchev–Trinajstić information content (AvgIpc) is 3.43. The van der Waals surface area contributed by atoms with Crippen molar-refractivity contribution in [1.82, 2.24) is 15.0 Å². The highest BCUT2D eigenvalue weighted by Gasteiger charge is 2.29. The van der Waals surface area contributed by atoms with Crippen LogP contribution in [0, 0.1) is 5.41 Å². The maximum Gasteiger partial charge on any atom is 0.231 e. The summed E-state index contributed by atoms with van der Waals surface area (Å²) in [6.07, 6.45) is 6.89. The molecule has 170 valence electrons. The van der Waals surface area contributed by atoms with Gasteiger partial charge in [-0.05, 0) is 31.7 Å². The van der Waals surface area contributed by atoms with Crippen LogP contribution in [-0.4, -0.2) is 46.4 Å². The van der Waals surface area contributed by atoms with Crippen LogP contribution in [0.5, 0.6) is 0 Å². The molecule has 0 radical (unpaired) electrons. The van der Waals surface area contributed by atoms with Crippen molar-refractivity contribution in [2.24, 2.45) is 10.9 Å². The summed E-state index contributed by atoms with van der Waals surface area (Å²) in [5.74, 6) is 1.37. The van der Waals surface area contributed by atoms with Crippen molar-refractivity contribution in [1.29, 1.82) is 5.41 Å². The summed E-state index contributed by atoms with van der Waals surface area (Å²) >= 11 is 0. The van der Waals surface area contributed by atoms with Crippen LogP contribution in [0.25, 0.3) is 11.4 Å². The molecule has 2 aromatic rings. The number of hydrogen-bond acceptors (Lipinski definition) is 6. The molecule has 1 fully saturated rings. The van der Waals surface area contributed by atoms with Gasteiger partial charge in [0.05, 0.1) is 11.6 Å². The highest BCUT2D eigenvalue weighted by molar-refractivity contribution is 5.98. The van der Waals surface area contributed by atoms with Gasteiger partial charge < -0.3 is 20.0 Å². The Labute approximate surface area is 190 Å². The fourth-order valence-electron chi connectivity index (χ4n) is 3.52. The van der Waals surface area contributed by atoms with Crippen LogP contribution in [0.4, 0.5) is 0 Å². The maximum atomic E-state index is 7.54. The fourth-order valence-corrected chi connectivity index (χ4v) is 3.52. The zero-order chi connectivity index (χ0) is 21.3. The van der Waals surface area contributed by atoms with Crippen LogP contribution >= 0.6 is 12.4 Å². The Morgan fingerprint density at radius 2 is 2.00 bits per heavy atom. The van der Waals surface area contributed by atoms with E-state index in [1.54, 1.807) is 0 Å². The Kier molecular flexibility index (Phi) is 9.78. The van der Waals surface area contributed by atoms with Crippen LogP contribution in [0.2, 0.25) is 0 Å². The van der Waals surface area contributed by atoms with Gasteiger partial charge in [0, 0.05) is 18.7 Å². The third-order valence-corrected chi connectivity index (χ3v) is 5.42. The second kappa shape index (κ2) is 12.3. The van der Waals surface area contributed by atoms with E-state index in [9.17, 15) is 0 Å². The Morgan fingerprint density at radius 1 is 1.26 bits per heavy atom. The summed E-state index contributed by atoms with van der Waals surface area (Å²) in [5, 5.41) is 15.9. The first-order valence-corrected chi connectivity index (χ1v) is 10.8. The first-order chi connectivity index (χ1) is 14.6. The highest BCUT2D eigenvalue weighted by Crippen LogP contribution is 2.27. The molecule has 1 aromatic carbocycles. The van der Waals surface area contributed by atoms with Crippen molar-refractivity contribution >= 4 is 24.1 Å². The molecule has 0 saturated carbocycles. The van der Waals surface area contributed by atoms with Crippen molar-refractivity contribution in [2.45, 2.75) is 58.3 Å². The SMILES string of the molecule is CCCCCCCON=C(C)c1ccc(-c2noc(C3CCN(C(=N)N)C3)n2)cc1.Cl. The number of halogens is 1. The molecule has 2 heterocycles. The standard InChI is InChI=1S/C22H32N6O2.ClH/c1-3-4-5-6-7-14-29-26-16(2)17-8-10-18(11-9-17)20-25-21(30-27-20)19-12-13-28(15-19)22(23)24;/h8-11,19H,3-7,12-15H2,1-2H3,(H3,23,24);1H. The lowest BCUT2D eigenvalue weighted by Gasteiger charge is -2.14. The van der Waals surface area contributed by atoms with Crippen LogP contribution < -0.4 is 5.73 Å². The normalized spacial score (nSPS) is 16.3. The van der Waals surface area contributed by atoms with Gasteiger partial charge in [-0.15, -0.1) is 12.4 Å². The van der Waals surface area contributed by atoms with E-state index < -0.39 is 0 Å². The van der Waals surface area contributed by atoms with Crippen LogP contribution in [-0.2, 0) is 4.84 Å². The summed E-state index contributed by atoms with van der Waals surface area (Å²) in [6, 6.07) is 7.90. The fraction of sp³-hybridized carbons (Fsp3) is 0.545. The summed E-state index contributed by atoms with van der Waals surface area (Å²) in [7, 11) is 0. The zero-order valence-electron chi connectivity index (χ0n) is 18.3. The molecule has 1 saturated heterocycles. The molecule has 3 N–H and O–H groups in total. The molecule has 0 spiro atoms. The number of nitrogens with one attached hydrogen (secondary N) is 1. The van der Waals surface area contributed by atoms with Gasteiger partial charge in [-0.3, -0.25) is 5.41 Å². The van der Waals surface area contributed by atoms with Gasteiger partial charge in [0.2, 0.25) is 11.7 Å². The van der Waals surface area contributed by atoms with E-state index >= 15 is 0 Å². The van der Waals surface area contributed by atoms with Gasteiger partial charge in [-0.1, -0.05) is 60.8 Å². The molecule has 1 aliphatic rings. The largest absolute Gasteiger partial charge is 0.396 e. The number of oxime groups is 1. The topological polar surface area (TPSA) is 114 Å². The predicted molar refractivity (Wildman–Crippen MR) is 125 cm³/mol. The van der Waals surface area contributed by atoms with Crippen molar-refractivity contribution < 1.29 is 9.36 Å². The van der Waals surface area contributed by atoms with Gasteiger partial charge in [-0.25, -0.2) is 0 Å². The van der Waals surface area contributed by atoms with Crippen LogP contribution in [0.3, 0.4) is 0 Å². The number of nitrogens with two attached hydrogens (primary N) is 1. The molecule has 1 unspecified atom stereocenters. The van der Waals surface area contributed by atoms with Gasteiger partial charge in [0.15, 0.2) is 5.96 Å². The average molecular weight is 449 g/mol. The molecule has 31 heavy (non-hydrogen) atoms. The molecule has 0 amide bonds. The van der Waals surface area contributed by atoms with E-state index in [4.69, 9.17) is 20.5 Å². The predicted octanol–water partition coefficient (Wildman–Crippen LogP) is 4.55. The third-order valence-electron chi connectivity index (χ3n) is 5.42. The van der Waals surface area contributed by atoms with E-state index in [0.717, 1.165) is 36.2 Å². The number of hydrogen-bond donors (Lipinski definition) is 2. The zero-order valence-corrected chi connectivity index (χ0v) is 19.2. The minimum absolute atomic E-state index is 0. The van der Waals surface area contributed by atoms with E-state index in [1.165, 1.54) is 25.7 Å². The second-order valence-corrected chi connectivity index (χ2v) is 7.77. The van der Waals surface area contributed by atoms with Gasteiger partial charge >= 0.3 is 0 Å². The van der Waals surface area contributed by atoms with E-state index in [1.807, 2.05) is 36.1 Å². The van der Waals surface area contributed by atoms with Gasteiger partial charge in [-0.2, -0.15) is 4.98 Å². The molecule has 0 aliphatic carbocycles. The minimum Gasteiger partial charge on any atom is -0.396 e. The number of nitrogens with zero attached hydrogens (tertiary/aromatic N) is 4. The third kappa shape index (κ3) is 6.95. The molecule has 1 aromatic heterocycles. The van der Waals surface area contributed by atoms with E-state index in [-0.39, 0.29) is 24.3 Å². The lowest BCUT2D eigenvalue weighted by atomic mass is 10.1. The summed E-state index contributed by atoms with van der Waals surface area (Å²) in [6.45, 7) is 6.20. The summed E-state index contributed by atoms with van der Waals surface area (Å²) in [4.78, 5) is 11.8. The van der Waals surface area contributed by atoms with Gasteiger partial charge in [0.1, 0.15) is 6.61 Å². The second-order valence-electron chi connectivity index (χ2n) is 7.77. The molecule has 1 aliphatic heterocycles. The van der Waals surface area contributed by atoms with Crippen molar-refractivity contribution in [3.63, 3.8) is 0 Å². The summed E-state index contributed by atoms with van der Waals surface area (Å²) < 4.78 is 5.47. The van der Waals surface area contributed by atoms with Gasteiger partial charge in [0.25, 0.3) is 0 Å². The molecule has 9 heteroatoms. The minimum atomic E-state index is 0. The number of aromatic nitrogens is 2. The first kappa shape index (κ1) is 24.7. The summed E-state index contributed by atoms with van der Waals surface area (Å²) in [5.41, 5.74) is 8.30. The monoisotopic (exact) mass is 448 g/mol. The molecule has 1 atom stereocenters. The molecule has 0 bridgehead atoms. The maximum absolute atomic E-state index is 7.54. The van der Waals surface area contributed by atoms with Crippen LogP contribution in [0.15, 0.2) is 33.9 Å². The number of rotatable bonds is 10. The molecular weight excluding hydrogens is 416 g/mol. The number of likely N-dealkylation sites (tertiary alicyclic amines) is 1. The quantitative estimate of drug-likeness (QED) is 0.238. The first-order valence-electron chi connectivity index (χ1n) is 10.8. The van der Waals surface area contributed by atoms with E-state index in [0.29, 0.717) is 24.9 Å². The van der Waals surface area contributed by atoms with Crippen molar-refractivity contribution in [3.8, 4) is 11.4 Å². The highest BCUT2D eigenvalue weighted by atomic mass is 35.5. The Bertz CT molecular complexity index is 852. The Balaban J connectivity index is 0.00000341. The molecule has 8 nitrogen and oxygen atoms in total. The number of unbranched alkanes of at least 4 members (excludes halogenated alkanes) is 4. The Hall–Kier alpha value is -2.61.